The molecule has 0 bridgehead atoms. The third kappa shape index (κ3) is 3.18. The molecule has 0 radical (unpaired) electrons. The molecule has 2 aliphatic heterocycles. The van der Waals surface area contributed by atoms with E-state index in [4.69, 9.17) is 10.5 Å². The van der Waals surface area contributed by atoms with E-state index in [2.05, 4.69) is 5.10 Å². The smallest absolute Gasteiger partial charge is 0.241 e. The van der Waals surface area contributed by atoms with Gasteiger partial charge in [0.15, 0.2) is 16.5 Å². The number of carbonyl (C=O) groups excluding carboxylic acids is 1. The van der Waals surface area contributed by atoms with E-state index in [0.29, 0.717) is 34.9 Å². The lowest BCUT2D eigenvalue weighted by Gasteiger charge is -2.45. The zero-order valence-electron chi connectivity index (χ0n) is 15.5. The van der Waals surface area contributed by atoms with Gasteiger partial charge in [-0.25, -0.2) is 18.2 Å². The third-order valence-electron chi connectivity index (χ3n) is 5.06. The lowest BCUT2D eigenvalue weighted by molar-refractivity contribution is -0.134. The van der Waals surface area contributed by atoms with Crippen molar-refractivity contribution in [2.75, 3.05) is 13.2 Å². The van der Waals surface area contributed by atoms with Gasteiger partial charge in [0.25, 0.3) is 0 Å². The summed E-state index contributed by atoms with van der Waals surface area (Å²) < 4.78 is 47.2. The first-order valence-electron chi connectivity index (χ1n) is 9.03. The van der Waals surface area contributed by atoms with E-state index in [1.165, 1.54) is 48.0 Å². The van der Waals surface area contributed by atoms with Gasteiger partial charge in [-0.05, 0) is 49.4 Å². The lowest BCUT2D eigenvalue weighted by atomic mass is 9.86. The minimum atomic E-state index is -1.10. The Morgan fingerprint density at radius 2 is 2.07 bits per heavy atom. The van der Waals surface area contributed by atoms with Gasteiger partial charge in [0.1, 0.15) is 16.6 Å². The van der Waals surface area contributed by atoms with Crippen LogP contribution in [0.25, 0.3) is 0 Å². The van der Waals surface area contributed by atoms with Crippen molar-refractivity contribution in [3.05, 3.63) is 65.0 Å². The Morgan fingerprint density at radius 1 is 1.28 bits per heavy atom. The van der Waals surface area contributed by atoms with Crippen molar-refractivity contribution < 1.29 is 22.7 Å². The van der Waals surface area contributed by atoms with Crippen molar-refractivity contribution in [1.29, 1.82) is 0 Å². The average molecular weight is 421 g/mol. The number of amides is 1. The van der Waals surface area contributed by atoms with Crippen LogP contribution in [0, 0.1) is 23.4 Å². The van der Waals surface area contributed by atoms with Crippen molar-refractivity contribution in [3.8, 4) is 5.75 Å². The number of benzene rings is 2. The highest BCUT2D eigenvalue weighted by molar-refractivity contribution is 8.15. The number of nitrogens with zero attached hydrogens (tertiary/aromatic N) is 2. The van der Waals surface area contributed by atoms with E-state index >= 15 is 0 Å². The second-order valence-electron chi connectivity index (χ2n) is 6.89. The Kier molecular flexibility index (Phi) is 5.04. The van der Waals surface area contributed by atoms with Crippen LogP contribution in [0.3, 0.4) is 0 Å². The molecule has 2 atom stereocenters. The van der Waals surface area contributed by atoms with E-state index in [0.717, 1.165) is 12.1 Å². The summed E-state index contributed by atoms with van der Waals surface area (Å²) in [6.07, 6.45) is 0.493. The summed E-state index contributed by atoms with van der Waals surface area (Å²) in [4.78, 5) is 11.5. The molecule has 2 aliphatic rings. The molecule has 2 aromatic rings. The Morgan fingerprint density at radius 3 is 2.76 bits per heavy atom. The number of ether oxygens (including phenoxy) is 1. The third-order valence-corrected chi connectivity index (χ3v) is 6.61. The highest BCUT2D eigenvalue weighted by Gasteiger charge is 2.56. The first kappa shape index (κ1) is 19.8. The normalized spacial score (nSPS) is 23.0. The highest BCUT2D eigenvalue weighted by Crippen LogP contribution is 2.57. The molecule has 0 aromatic heterocycles. The number of thioether (sulfide) groups is 1. The lowest BCUT2D eigenvalue weighted by Crippen LogP contribution is -2.51. The average Bonchev–Trinajstić information content (AvgIpc) is 3.08. The quantitative estimate of drug-likeness (QED) is 0.823. The molecule has 0 aliphatic carbocycles. The van der Waals surface area contributed by atoms with Crippen molar-refractivity contribution >= 4 is 22.7 Å². The maximum atomic E-state index is 14.2. The van der Waals surface area contributed by atoms with Crippen molar-refractivity contribution in [3.63, 3.8) is 0 Å². The van der Waals surface area contributed by atoms with Crippen LogP contribution >= 0.6 is 11.8 Å². The first-order chi connectivity index (χ1) is 13.9. The number of nitrogens with two attached hydrogens (primary N) is 1. The molecular formula is C20H18F3N3O2S. The summed E-state index contributed by atoms with van der Waals surface area (Å²) in [6, 6.07) is 7.55. The Bertz CT molecular complexity index is 1020. The Hall–Kier alpha value is -2.52. The molecule has 0 unspecified atom stereocenters. The highest BCUT2D eigenvalue weighted by atomic mass is 32.2. The van der Waals surface area contributed by atoms with E-state index in [1.54, 1.807) is 0 Å². The van der Waals surface area contributed by atoms with Gasteiger partial charge in [-0.15, -0.1) is 0 Å². The molecule has 4 rings (SSSR count). The van der Waals surface area contributed by atoms with Gasteiger partial charge >= 0.3 is 0 Å². The predicted octanol–water partition coefficient (Wildman–Crippen LogP) is 3.57. The van der Waals surface area contributed by atoms with Gasteiger partial charge < -0.3 is 10.5 Å². The van der Waals surface area contributed by atoms with Gasteiger partial charge in [0.2, 0.25) is 5.91 Å². The van der Waals surface area contributed by atoms with Gasteiger partial charge in [0.05, 0.1) is 6.61 Å². The number of hydrazone groups is 1. The van der Waals surface area contributed by atoms with E-state index in [9.17, 15) is 18.0 Å². The summed E-state index contributed by atoms with van der Waals surface area (Å²) in [6.45, 7) is 1.94. The van der Waals surface area contributed by atoms with Gasteiger partial charge in [-0.1, -0.05) is 11.8 Å². The minimum absolute atomic E-state index is 0.257. The largest absolute Gasteiger partial charge is 0.493 e. The molecule has 0 fully saturated rings. The summed E-state index contributed by atoms with van der Waals surface area (Å²) >= 11 is 1.20. The van der Waals surface area contributed by atoms with Gasteiger partial charge in [0, 0.05) is 24.0 Å². The fraction of sp³-hybridized carbons (Fsp3) is 0.300. The minimum Gasteiger partial charge on any atom is -0.493 e. The van der Waals surface area contributed by atoms with Crippen LogP contribution in [0.15, 0.2) is 41.5 Å². The van der Waals surface area contributed by atoms with E-state index in [1.807, 2.05) is 0 Å². The summed E-state index contributed by atoms with van der Waals surface area (Å²) in [5, 5.41) is 6.04. The van der Waals surface area contributed by atoms with Crippen LogP contribution in [0.5, 0.6) is 5.75 Å². The molecule has 1 amide bonds. The van der Waals surface area contributed by atoms with Crippen LogP contribution in [0.1, 0.15) is 24.5 Å². The predicted molar refractivity (Wildman–Crippen MR) is 104 cm³/mol. The maximum Gasteiger partial charge on any atom is 0.241 e. The molecule has 2 heterocycles. The molecule has 0 saturated heterocycles. The van der Waals surface area contributed by atoms with Crippen molar-refractivity contribution in [2.24, 2.45) is 16.8 Å². The number of carbonyl (C=O) groups is 1. The summed E-state index contributed by atoms with van der Waals surface area (Å²) in [5.74, 6) is -2.69. The zero-order chi connectivity index (χ0) is 20.8. The number of rotatable bonds is 3. The molecule has 0 saturated carbocycles. The zero-order valence-corrected chi connectivity index (χ0v) is 16.3. The second-order valence-corrected chi connectivity index (χ2v) is 8.10. The number of hydrogen-bond acceptors (Lipinski definition) is 5. The van der Waals surface area contributed by atoms with Crippen LogP contribution in [-0.4, -0.2) is 29.1 Å². The molecule has 5 nitrogen and oxygen atoms in total. The maximum absolute atomic E-state index is 14.2. The molecular weight excluding hydrogens is 403 g/mol. The van der Waals surface area contributed by atoms with Crippen molar-refractivity contribution in [1.82, 2.24) is 5.01 Å². The molecule has 29 heavy (non-hydrogen) atoms. The molecule has 9 heteroatoms. The number of halogens is 3. The number of fused-ring (bicyclic) bond motifs is 2. The monoisotopic (exact) mass is 421 g/mol. The SMILES string of the molecule is CC(=O)N1N=C(c2ccc(F)c(F)c2)S[C@]12c1cc(F)ccc1OC[C@@H]2CCN. The molecule has 2 aromatic carbocycles. The van der Waals surface area contributed by atoms with Gasteiger partial charge in [-0.2, -0.15) is 5.10 Å². The van der Waals surface area contributed by atoms with Crippen LogP contribution < -0.4 is 10.5 Å². The first-order valence-corrected chi connectivity index (χ1v) is 9.85. The summed E-state index contributed by atoms with van der Waals surface area (Å²) in [5.41, 5.74) is 6.58. The van der Waals surface area contributed by atoms with Crippen LogP contribution in [0.2, 0.25) is 0 Å². The van der Waals surface area contributed by atoms with Crippen molar-refractivity contribution in [2.45, 2.75) is 18.2 Å². The van der Waals surface area contributed by atoms with Crippen LogP contribution in [0.4, 0.5) is 13.2 Å². The topological polar surface area (TPSA) is 67.9 Å². The standard InChI is InChI=1S/C20H18F3N3O2S/c1-11(27)26-20(29-19(25-26)12-2-4-16(22)17(23)8-12)13(6-7-24)10-28-18-5-3-14(21)9-15(18)20/h2-5,8-9,13H,6-7,10,24H2,1H3/t13-,20+/m0/s1. The summed E-state index contributed by atoms with van der Waals surface area (Å²) in [7, 11) is 0. The van der Waals surface area contributed by atoms with Crippen LogP contribution in [-0.2, 0) is 9.67 Å². The fourth-order valence-corrected chi connectivity index (χ4v) is 5.30. The molecule has 1 spiro atoms. The van der Waals surface area contributed by atoms with E-state index < -0.39 is 22.3 Å². The molecule has 2 N–H and O–H groups in total. The fourth-order valence-electron chi connectivity index (χ4n) is 3.76. The van der Waals surface area contributed by atoms with Gasteiger partial charge in [-0.3, -0.25) is 4.79 Å². The Labute approximate surface area is 169 Å². The number of hydrogen-bond donors (Lipinski definition) is 1. The second kappa shape index (κ2) is 7.38. The van der Waals surface area contributed by atoms with E-state index in [-0.39, 0.29) is 18.4 Å². The Balaban J connectivity index is 1.89. The molecule has 152 valence electrons.